The number of methoxy groups -OCH3 is 2. The fourth-order valence-corrected chi connectivity index (χ4v) is 2.67. The van der Waals surface area contributed by atoms with E-state index in [0.717, 1.165) is 12.1 Å². The molecule has 0 spiro atoms. The van der Waals surface area contributed by atoms with Crippen molar-refractivity contribution in [1.82, 2.24) is 4.90 Å². The van der Waals surface area contributed by atoms with Crippen molar-refractivity contribution in [3.8, 4) is 11.5 Å². The molecule has 1 aromatic rings. The van der Waals surface area contributed by atoms with Crippen LogP contribution in [0.4, 0.5) is 0 Å². The molecule has 4 heteroatoms. The number of aryl methyl sites for hydroxylation is 1. The Morgan fingerprint density at radius 3 is 2.96 bits per heavy atom. The van der Waals surface area contributed by atoms with Crippen molar-refractivity contribution in [1.29, 1.82) is 0 Å². The summed E-state index contributed by atoms with van der Waals surface area (Å²) in [7, 11) is 2.51. The number of hydrogen-bond acceptors (Lipinski definition) is 4. The molecule has 1 N–H and O–H groups in total. The van der Waals surface area contributed by atoms with Gasteiger partial charge < -0.3 is 14.6 Å². The zero-order valence-corrected chi connectivity index (χ0v) is 13.2. The average molecular weight is 334 g/mol. The second kappa shape index (κ2) is 6.70. The molecule has 0 saturated carbocycles. The molecule has 0 aliphatic carbocycles. The van der Waals surface area contributed by atoms with Crippen molar-refractivity contribution < 1.29 is 33.8 Å². The average Bonchev–Trinajstić information content (AvgIpc) is 2.74. The molecule has 1 saturated heterocycles. The molecular formula is C19H29NO3. The van der Waals surface area contributed by atoms with Crippen molar-refractivity contribution in [3.63, 3.8) is 0 Å². The van der Waals surface area contributed by atoms with Crippen LogP contribution in [-0.2, 0) is 6.37 Å². The van der Waals surface area contributed by atoms with Crippen LogP contribution in [0.15, 0.2) is 12.1 Å². The molecule has 4 nitrogen and oxygen atoms in total. The molecule has 2 heterocycles. The fraction of sp³-hybridized carbons (Fsp3) is 0.684. The van der Waals surface area contributed by atoms with Crippen molar-refractivity contribution in [2.24, 2.45) is 11.8 Å². The zero-order chi connectivity index (χ0) is 29.0. The third-order valence-corrected chi connectivity index (χ3v) is 3.72. The zero-order valence-electron chi connectivity index (χ0n) is 27.2. The molecule has 0 aromatic heterocycles. The Hall–Kier alpha value is -1.26. The summed E-state index contributed by atoms with van der Waals surface area (Å²) in [6.45, 7) is -7.25. The lowest BCUT2D eigenvalue weighted by Crippen LogP contribution is -2.48. The summed E-state index contributed by atoms with van der Waals surface area (Å²) >= 11 is 0. The molecule has 0 bridgehead atoms. The van der Waals surface area contributed by atoms with E-state index in [4.69, 9.17) is 28.7 Å². The molecule has 3 rings (SSSR count). The SMILES string of the molecule is [2H]C([2H])([2H])C([2H])(C)C([2H])([2H])C1([2H])CN2C(c3cc(OC)c(OC)cc3C([2H])([2H])C2([2H])[2H])C([2H])([2H])C1([2H])O. The first-order valence-corrected chi connectivity index (χ1v) is 7.08. The summed E-state index contributed by atoms with van der Waals surface area (Å²) in [6, 6.07) is 0.331. The highest BCUT2D eigenvalue weighted by Gasteiger charge is 2.38. The smallest absolute Gasteiger partial charge is 0.161 e. The molecular weight excluding hydrogens is 290 g/mol. The number of benzene rings is 1. The van der Waals surface area contributed by atoms with Gasteiger partial charge in [0.1, 0.15) is 0 Å². The van der Waals surface area contributed by atoms with Crippen molar-refractivity contribution in [3.05, 3.63) is 23.3 Å². The van der Waals surface area contributed by atoms with Gasteiger partial charge in [0.2, 0.25) is 0 Å². The van der Waals surface area contributed by atoms with Gasteiger partial charge in [-0.1, -0.05) is 13.8 Å². The van der Waals surface area contributed by atoms with E-state index >= 15 is 0 Å². The van der Waals surface area contributed by atoms with Gasteiger partial charge in [-0.3, -0.25) is 4.90 Å². The van der Waals surface area contributed by atoms with Gasteiger partial charge >= 0.3 is 0 Å². The first kappa shape index (κ1) is 6.57. The maximum Gasteiger partial charge on any atom is 0.161 e. The highest BCUT2D eigenvalue weighted by atomic mass is 16.5. The Morgan fingerprint density at radius 1 is 1.52 bits per heavy atom. The maximum atomic E-state index is 11.3. The van der Waals surface area contributed by atoms with Crippen LogP contribution in [0.5, 0.6) is 11.5 Å². The van der Waals surface area contributed by atoms with Gasteiger partial charge in [-0.25, -0.2) is 0 Å². The van der Waals surface area contributed by atoms with Crippen molar-refractivity contribution in [2.45, 2.75) is 45.0 Å². The molecule has 0 radical (unpaired) electrons. The van der Waals surface area contributed by atoms with Gasteiger partial charge in [-0.05, 0) is 54.2 Å². The van der Waals surface area contributed by atoms with Crippen LogP contribution in [0.2, 0.25) is 0 Å². The summed E-state index contributed by atoms with van der Waals surface area (Å²) in [4.78, 5) is 0.491. The normalized spacial score (nSPS) is 53.1. The Bertz CT molecular complexity index is 1090. The molecule has 4 atom stereocenters. The van der Waals surface area contributed by atoms with E-state index < -0.39 is 62.9 Å². The Balaban J connectivity index is 2.41. The monoisotopic (exact) mass is 333 g/mol. The van der Waals surface area contributed by atoms with Crippen molar-refractivity contribution in [2.75, 3.05) is 27.3 Å². The minimum absolute atomic E-state index is 0.000650. The molecule has 23 heavy (non-hydrogen) atoms. The van der Waals surface area contributed by atoms with Gasteiger partial charge in [-0.15, -0.1) is 0 Å². The number of fused-ring (bicyclic) bond motifs is 3. The van der Waals surface area contributed by atoms with Crippen LogP contribution in [0.3, 0.4) is 0 Å². The lowest BCUT2D eigenvalue weighted by molar-refractivity contribution is -0.0191. The summed E-state index contributed by atoms with van der Waals surface area (Å²) in [5.41, 5.74) is -0.607. The second-order valence-corrected chi connectivity index (χ2v) is 5.28. The minimum Gasteiger partial charge on any atom is -0.493 e. The van der Waals surface area contributed by atoms with Crippen LogP contribution in [0, 0.1) is 11.8 Å². The Kier molecular flexibility index (Phi) is 1.91. The first-order valence-electron chi connectivity index (χ1n) is 14.1. The summed E-state index contributed by atoms with van der Waals surface area (Å²) in [6.07, 6.45) is -13.7. The molecule has 2 aliphatic heterocycles. The van der Waals surface area contributed by atoms with E-state index in [1.165, 1.54) is 14.2 Å². The van der Waals surface area contributed by atoms with Gasteiger partial charge in [-0.2, -0.15) is 0 Å². The van der Waals surface area contributed by atoms with Gasteiger partial charge in [0.15, 0.2) is 11.5 Å². The van der Waals surface area contributed by atoms with Crippen LogP contribution >= 0.6 is 0 Å². The minimum atomic E-state index is -3.75. The predicted molar refractivity (Wildman–Crippen MR) is 91.1 cm³/mol. The van der Waals surface area contributed by atoms with Crippen LogP contribution in [0.1, 0.15) is 62.9 Å². The molecule has 1 fully saturated rings. The highest BCUT2D eigenvalue weighted by molar-refractivity contribution is 5.49. The van der Waals surface area contributed by atoms with E-state index in [1.54, 1.807) is 0 Å². The third-order valence-electron chi connectivity index (χ3n) is 3.72. The van der Waals surface area contributed by atoms with Crippen LogP contribution in [0.25, 0.3) is 0 Å². The van der Waals surface area contributed by atoms with Crippen LogP contribution in [-0.4, -0.2) is 43.3 Å². The quantitative estimate of drug-likeness (QED) is 0.920. The van der Waals surface area contributed by atoms with E-state index in [2.05, 4.69) is 0 Å². The number of hydrogen-bond donors (Lipinski definition) is 1. The van der Waals surface area contributed by atoms with E-state index in [9.17, 15) is 5.11 Å². The molecule has 1 aromatic carbocycles. The third kappa shape index (κ3) is 3.20. The molecule has 0 amide bonds. The lowest BCUT2D eigenvalue weighted by Gasteiger charge is -2.46. The van der Waals surface area contributed by atoms with E-state index in [0.29, 0.717) is 11.8 Å². The highest BCUT2D eigenvalue weighted by Crippen LogP contribution is 2.43. The number of rotatable bonds is 4. The first-order chi connectivity index (χ1) is 16.3. The lowest BCUT2D eigenvalue weighted by atomic mass is 9.79. The maximum absolute atomic E-state index is 11.3. The number of nitrogens with zero attached hydrogens (tertiary/aromatic N) is 1. The number of piperidine rings is 1. The fourth-order valence-electron chi connectivity index (χ4n) is 2.67. The Labute approximate surface area is 159 Å². The molecule has 4 unspecified atom stereocenters. The topological polar surface area (TPSA) is 41.9 Å². The van der Waals surface area contributed by atoms with Gasteiger partial charge in [0.25, 0.3) is 0 Å². The Morgan fingerprint density at radius 2 is 2.26 bits per heavy atom. The number of aliphatic hydroxyl groups is 1. The standard InChI is InChI=1S/C19H29NO3/c1-12(2)7-14-11-20-6-5-13-8-18(22-3)19(23-4)9-15(13)16(20)10-17(14)21/h8-9,12,14,16-17,21H,5-7,10-11H2,1-4H3/i1D3,5D2,6D2,7D2,10D2,12D,14D,17D. The summed E-state index contributed by atoms with van der Waals surface area (Å²) in [5, 5.41) is 11.3. The molecule has 128 valence electrons. The van der Waals surface area contributed by atoms with Crippen molar-refractivity contribution >= 4 is 0 Å². The largest absolute Gasteiger partial charge is 0.493 e. The van der Waals surface area contributed by atoms with E-state index in [-0.39, 0.29) is 22.6 Å². The summed E-state index contributed by atoms with van der Waals surface area (Å²) in [5.74, 6) is -6.64. The predicted octanol–water partition coefficient (Wildman–Crippen LogP) is 3.03. The molecule has 2 aliphatic rings. The van der Waals surface area contributed by atoms with E-state index in [1.807, 2.05) is 0 Å². The second-order valence-electron chi connectivity index (χ2n) is 5.28. The number of ether oxygens (including phenoxy) is 2. The van der Waals surface area contributed by atoms with Gasteiger partial charge in [0.05, 0.1) is 21.7 Å². The van der Waals surface area contributed by atoms with Gasteiger partial charge in [0, 0.05) is 36.9 Å². The summed E-state index contributed by atoms with van der Waals surface area (Å²) < 4.78 is 128. The van der Waals surface area contributed by atoms with Crippen LogP contribution < -0.4 is 9.47 Å².